The average Bonchev–Trinajstić information content (AvgIpc) is 2.57. The van der Waals surface area contributed by atoms with Gasteiger partial charge in [0.05, 0.1) is 6.54 Å². The fraction of sp³-hybridized carbons (Fsp3) is 0.632. The molecule has 1 fully saturated rings. The Morgan fingerprint density at radius 1 is 1.12 bits per heavy atom. The fourth-order valence-electron chi connectivity index (χ4n) is 2.69. The monoisotopic (exact) mass is 333 g/mol. The Bertz CT molecular complexity index is 497. The second kappa shape index (κ2) is 9.04. The number of benzene rings is 1. The molecule has 0 bridgehead atoms. The van der Waals surface area contributed by atoms with E-state index in [1.165, 1.54) is 0 Å². The number of ether oxygens (including phenoxy) is 1. The van der Waals surface area contributed by atoms with E-state index < -0.39 is 0 Å². The topological polar surface area (TPSA) is 44.8 Å². The molecule has 1 heterocycles. The van der Waals surface area contributed by atoms with Crippen molar-refractivity contribution in [3.63, 3.8) is 0 Å². The summed E-state index contributed by atoms with van der Waals surface area (Å²) in [6, 6.07) is 9.92. The molecule has 1 aromatic carbocycles. The van der Waals surface area contributed by atoms with E-state index >= 15 is 0 Å². The van der Waals surface area contributed by atoms with Gasteiger partial charge in [0.25, 0.3) is 0 Å². The molecule has 1 saturated heterocycles. The zero-order valence-corrected chi connectivity index (χ0v) is 15.3. The number of hydrogen-bond donors (Lipinski definition) is 1. The second-order valence-corrected chi connectivity index (χ2v) is 7.06. The molecule has 0 radical (unpaired) electrons. The number of carbonyl (C=O) groups excluding carboxylic acids is 1. The maximum Gasteiger partial charge on any atom is 0.234 e. The largest absolute Gasteiger partial charge is 0.492 e. The Labute approximate surface area is 146 Å². The van der Waals surface area contributed by atoms with Crippen LogP contribution in [0, 0.1) is 0 Å². The highest BCUT2D eigenvalue weighted by Gasteiger charge is 2.22. The molecule has 0 unspecified atom stereocenters. The van der Waals surface area contributed by atoms with Gasteiger partial charge in [0.1, 0.15) is 12.4 Å². The van der Waals surface area contributed by atoms with Crippen LogP contribution in [0.15, 0.2) is 30.3 Å². The summed E-state index contributed by atoms with van der Waals surface area (Å²) in [5, 5.41) is 3.10. The van der Waals surface area contributed by atoms with Gasteiger partial charge >= 0.3 is 0 Å². The molecule has 1 amide bonds. The smallest absolute Gasteiger partial charge is 0.234 e. The van der Waals surface area contributed by atoms with Crippen molar-refractivity contribution in [3.8, 4) is 5.75 Å². The van der Waals surface area contributed by atoms with Crippen LogP contribution >= 0.6 is 0 Å². The first-order valence-electron chi connectivity index (χ1n) is 8.92. The van der Waals surface area contributed by atoms with Gasteiger partial charge < -0.3 is 10.1 Å². The summed E-state index contributed by atoms with van der Waals surface area (Å²) in [5.74, 6) is 1.05. The molecule has 0 atom stereocenters. The molecular weight excluding hydrogens is 302 g/mol. The van der Waals surface area contributed by atoms with Gasteiger partial charge in [-0.1, -0.05) is 25.1 Å². The van der Waals surface area contributed by atoms with Crippen molar-refractivity contribution in [1.29, 1.82) is 0 Å². The molecule has 1 aliphatic heterocycles. The van der Waals surface area contributed by atoms with E-state index in [9.17, 15) is 4.79 Å². The number of amides is 1. The first kappa shape index (κ1) is 18.7. The van der Waals surface area contributed by atoms with Gasteiger partial charge in [-0.2, -0.15) is 0 Å². The van der Waals surface area contributed by atoms with E-state index in [0.29, 0.717) is 13.2 Å². The molecule has 1 aromatic rings. The van der Waals surface area contributed by atoms with Gasteiger partial charge in [0.2, 0.25) is 5.91 Å². The molecule has 5 nitrogen and oxygen atoms in total. The lowest BCUT2D eigenvalue weighted by Crippen LogP contribution is -2.52. The van der Waals surface area contributed by atoms with Crippen LogP contribution in [-0.4, -0.2) is 67.1 Å². The predicted molar refractivity (Wildman–Crippen MR) is 97.3 cm³/mol. The maximum atomic E-state index is 12.1. The van der Waals surface area contributed by atoms with Crippen LogP contribution in [0.3, 0.4) is 0 Å². The third kappa shape index (κ3) is 6.49. The minimum absolute atomic E-state index is 0.117. The van der Waals surface area contributed by atoms with Crippen molar-refractivity contribution in [1.82, 2.24) is 15.1 Å². The summed E-state index contributed by atoms with van der Waals surface area (Å²) < 4.78 is 5.75. The van der Waals surface area contributed by atoms with Crippen molar-refractivity contribution in [2.45, 2.75) is 32.7 Å². The fourth-order valence-corrected chi connectivity index (χ4v) is 2.69. The number of rotatable bonds is 8. The number of nitrogens with zero attached hydrogens (tertiary/aromatic N) is 2. The summed E-state index contributed by atoms with van der Waals surface area (Å²) in [6.45, 7) is 12.2. The third-order valence-electron chi connectivity index (χ3n) is 4.61. The summed E-state index contributed by atoms with van der Waals surface area (Å²) in [6.07, 6.45) is 0.938. The Balaban J connectivity index is 1.62. The number of nitrogens with one attached hydrogen (secondary N) is 1. The summed E-state index contributed by atoms with van der Waals surface area (Å²) in [7, 11) is 0. The van der Waals surface area contributed by atoms with Crippen molar-refractivity contribution in [2.75, 3.05) is 45.9 Å². The number of hydrogen-bond acceptors (Lipinski definition) is 4. The first-order valence-corrected chi connectivity index (χ1v) is 8.92. The van der Waals surface area contributed by atoms with Crippen molar-refractivity contribution in [3.05, 3.63) is 30.3 Å². The zero-order valence-electron chi connectivity index (χ0n) is 15.3. The van der Waals surface area contributed by atoms with E-state index in [1.54, 1.807) is 0 Å². The van der Waals surface area contributed by atoms with E-state index in [-0.39, 0.29) is 11.4 Å². The SMILES string of the molecule is CCC(C)(C)NC(=O)CN1CCN(CCOc2ccccc2)CC1. The van der Waals surface area contributed by atoms with E-state index in [1.807, 2.05) is 30.3 Å². The second-order valence-electron chi connectivity index (χ2n) is 7.06. The third-order valence-corrected chi connectivity index (χ3v) is 4.61. The van der Waals surface area contributed by atoms with Gasteiger partial charge in [-0.3, -0.25) is 14.6 Å². The molecule has 0 saturated carbocycles. The lowest BCUT2D eigenvalue weighted by atomic mass is 10.0. The Morgan fingerprint density at radius 2 is 1.75 bits per heavy atom. The van der Waals surface area contributed by atoms with Crippen molar-refractivity contribution < 1.29 is 9.53 Å². The zero-order chi connectivity index (χ0) is 17.4. The minimum Gasteiger partial charge on any atom is -0.492 e. The van der Waals surface area contributed by atoms with Crippen molar-refractivity contribution in [2.24, 2.45) is 0 Å². The Morgan fingerprint density at radius 3 is 2.38 bits per heavy atom. The van der Waals surface area contributed by atoms with Gasteiger partial charge in [-0.05, 0) is 32.4 Å². The summed E-state index contributed by atoms with van der Waals surface area (Å²) in [4.78, 5) is 16.7. The summed E-state index contributed by atoms with van der Waals surface area (Å²) in [5.41, 5.74) is -0.117. The molecule has 134 valence electrons. The standard InChI is InChI=1S/C19H31N3O2/c1-4-19(2,3)20-18(23)16-22-12-10-21(11-13-22)14-15-24-17-8-6-5-7-9-17/h5-9H,4,10-16H2,1-3H3,(H,20,23). The summed E-state index contributed by atoms with van der Waals surface area (Å²) >= 11 is 0. The lowest BCUT2D eigenvalue weighted by molar-refractivity contribution is -0.124. The molecule has 24 heavy (non-hydrogen) atoms. The van der Waals surface area contributed by atoms with Crippen LogP contribution in [0.25, 0.3) is 0 Å². The molecule has 0 aliphatic carbocycles. The van der Waals surface area contributed by atoms with Crippen LogP contribution < -0.4 is 10.1 Å². The highest BCUT2D eigenvalue weighted by atomic mass is 16.5. The molecule has 5 heteroatoms. The molecular formula is C19H31N3O2. The average molecular weight is 333 g/mol. The van der Waals surface area contributed by atoms with Crippen molar-refractivity contribution >= 4 is 5.91 Å². The predicted octanol–water partition coefficient (Wildman–Crippen LogP) is 1.99. The van der Waals surface area contributed by atoms with E-state index in [0.717, 1.165) is 44.9 Å². The van der Waals surface area contributed by atoms with E-state index in [2.05, 4.69) is 35.9 Å². The van der Waals surface area contributed by atoms with Gasteiger partial charge in [0, 0.05) is 38.3 Å². The first-order chi connectivity index (χ1) is 11.5. The quantitative estimate of drug-likeness (QED) is 0.790. The molecule has 0 aromatic heterocycles. The Kier molecular flexibility index (Phi) is 7.06. The highest BCUT2D eigenvalue weighted by Crippen LogP contribution is 2.09. The molecule has 1 N–H and O–H groups in total. The van der Waals surface area contributed by atoms with Crippen LogP contribution in [0.4, 0.5) is 0 Å². The highest BCUT2D eigenvalue weighted by molar-refractivity contribution is 5.78. The van der Waals surface area contributed by atoms with Crippen LogP contribution in [0.5, 0.6) is 5.75 Å². The van der Waals surface area contributed by atoms with Gasteiger partial charge in [0.15, 0.2) is 0 Å². The molecule has 0 spiro atoms. The number of piperazine rings is 1. The Hall–Kier alpha value is -1.59. The minimum atomic E-state index is -0.117. The maximum absolute atomic E-state index is 12.1. The molecule has 1 aliphatic rings. The number of para-hydroxylation sites is 1. The molecule has 2 rings (SSSR count). The van der Waals surface area contributed by atoms with Gasteiger partial charge in [-0.15, -0.1) is 0 Å². The lowest BCUT2D eigenvalue weighted by Gasteiger charge is -2.35. The number of carbonyl (C=O) groups is 1. The van der Waals surface area contributed by atoms with E-state index in [4.69, 9.17) is 4.74 Å². The van der Waals surface area contributed by atoms with Crippen LogP contribution in [0.2, 0.25) is 0 Å². The van der Waals surface area contributed by atoms with Gasteiger partial charge in [-0.25, -0.2) is 0 Å². The van der Waals surface area contributed by atoms with Crippen LogP contribution in [0.1, 0.15) is 27.2 Å². The van der Waals surface area contributed by atoms with Crippen LogP contribution in [-0.2, 0) is 4.79 Å². The normalized spacial score (nSPS) is 16.8.